The minimum Gasteiger partial charge on any atom is -0.489 e. The summed E-state index contributed by atoms with van der Waals surface area (Å²) in [7, 11) is 0. The summed E-state index contributed by atoms with van der Waals surface area (Å²) in [6.45, 7) is 6.94. The molecule has 2 aromatic rings. The van der Waals surface area contributed by atoms with E-state index in [0.717, 1.165) is 28.8 Å². The van der Waals surface area contributed by atoms with Gasteiger partial charge in [0.05, 0.1) is 10.2 Å². The Morgan fingerprint density at radius 3 is 2.86 bits per heavy atom. The van der Waals surface area contributed by atoms with E-state index >= 15 is 0 Å². The van der Waals surface area contributed by atoms with Crippen LogP contribution >= 0.6 is 11.3 Å². The molecule has 0 aliphatic carbocycles. The molecule has 4 heteroatoms. The second kappa shape index (κ2) is 7.77. The van der Waals surface area contributed by atoms with Gasteiger partial charge in [0.2, 0.25) is 0 Å². The summed E-state index contributed by atoms with van der Waals surface area (Å²) >= 11 is 1.39. The number of rotatable bonds is 6. The van der Waals surface area contributed by atoms with Gasteiger partial charge >= 0.3 is 0 Å². The zero-order valence-corrected chi connectivity index (χ0v) is 14.0. The number of nitriles is 1. The van der Waals surface area contributed by atoms with Gasteiger partial charge in [0.25, 0.3) is 0 Å². The highest BCUT2D eigenvalue weighted by Crippen LogP contribution is 2.26. The highest BCUT2D eigenvalue weighted by atomic mass is 32.1. The van der Waals surface area contributed by atoms with E-state index in [0.29, 0.717) is 11.6 Å². The fourth-order valence-corrected chi connectivity index (χ4v) is 2.80. The predicted octanol–water partition coefficient (Wildman–Crippen LogP) is 5.24. The highest BCUT2D eigenvalue weighted by molar-refractivity contribution is 7.19. The summed E-state index contributed by atoms with van der Waals surface area (Å²) in [6.07, 6.45) is 6.52. The van der Waals surface area contributed by atoms with Crippen LogP contribution in [0.15, 0.2) is 41.5 Å². The summed E-state index contributed by atoms with van der Waals surface area (Å²) < 4.78 is 6.74. The molecule has 1 heterocycles. The SMILES string of the molecule is CC(C)=CCCC(C)=CCOc1ccc2nc(C#N)sc2c1. The van der Waals surface area contributed by atoms with Gasteiger partial charge in [-0.05, 0) is 57.9 Å². The number of nitrogens with zero attached hydrogens (tertiary/aromatic N) is 2. The van der Waals surface area contributed by atoms with Crippen LogP contribution in [0.1, 0.15) is 38.6 Å². The Kier molecular flexibility index (Phi) is 5.74. The first-order valence-corrected chi connectivity index (χ1v) is 8.12. The molecule has 0 bridgehead atoms. The Morgan fingerprint density at radius 2 is 2.14 bits per heavy atom. The molecular formula is C18H20N2OS. The van der Waals surface area contributed by atoms with Crippen LogP contribution in [-0.4, -0.2) is 11.6 Å². The Bertz CT molecular complexity index is 746. The van der Waals surface area contributed by atoms with Gasteiger partial charge in [-0.1, -0.05) is 17.2 Å². The lowest BCUT2D eigenvalue weighted by molar-refractivity contribution is 0.362. The van der Waals surface area contributed by atoms with Gasteiger partial charge in [-0.25, -0.2) is 4.98 Å². The molecule has 1 aromatic carbocycles. The molecule has 0 aliphatic rings. The molecule has 0 atom stereocenters. The van der Waals surface area contributed by atoms with Gasteiger partial charge < -0.3 is 4.74 Å². The van der Waals surface area contributed by atoms with Crippen LogP contribution in [0.3, 0.4) is 0 Å². The first-order valence-electron chi connectivity index (χ1n) is 7.31. The smallest absolute Gasteiger partial charge is 0.195 e. The fourth-order valence-electron chi connectivity index (χ4n) is 2.01. The van der Waals surface area contributed by atoms with Crippen LogP contribution in [0.25, 0.3) is 10.2 Å². The predicted molar refractivity (Wildman–Crippen MR) is 92.3 cm³/mol. The van der Waals surface area contributed by atoms with Crippen LogP contribution in [0.2, 0.25) is 0 Å². The fraction of sp³-hybridized carbons (Fsp3) is 0.333. The molecule has 0 amide bonds. The van der Waals surface area contributed by atoms with Crippen molar-refractivity contribution in [2.75, 3.05) is 6.61 Å². The van der Waals surface area contributed by atoms with Crippen molar-refractivity contribution < 1.29 is 4.74 Å². The largest absolute Gasteiger partial charge is 0.489 e. The first kappa shape index (κ1) is 16.3. The van der Waals surface area contributed by atoms with Crippen molar-refractivity contribution in [3.05, 3.63) is 46.5 Å². The van der Waals surface area contributed by atoms with Crippen molar-refractivity contribution in [1.29, 1.82) is 5.26 Å². The lowest BCUT2D eigenvalue weighted by Crippen LogP contribution is -1.94. The Labute approximate surface area is 135 Å². The van der Waals surface area contributed by atoms with Crippen LogP contribution in [-0.2, 0) is 0 Å². The molecule has 3 nitrogen and oxygen atoms in total. The van der Waals surface area contributed by atoms with E-state index in [2.05, 4.69) is 44.0 Å². The molecule has 0 aliphatic heterocycles. The molecule has 0 radical (unpaired) electrons. The Morgan fingerprint density at radius 1 is 1.32 bits per heavy atom. The van der Waals surface area contributed by atoms with E-state index in [1.165, 1.54) is 22.5 Å². The highest BCUT2D eigenvalue weighted by Gasteiger charge is 2.04. The summed E-state index contributed by atoms with van der Waals surface area (Å²) in [5, 5.41) is 9.36. The maximum Gasteiger partial charge on any atom is 0.195 e. The second-order valence-electron chi connectivity index (χ2n) is 5.44. The third-order valence-corrected chi connectivity index (χ3v) is 4.15. The number of fused-ring (bicyclic) bond motifs is 1. The lowest BCUT2D eigenvalue weighted by Gasteiger charge is -2.04. The van der Waals surface area contributed by atoms with E-state index in [1.807, 2.05) is 18.2 Å². The van der Waals surface area contributed by atoms with Gasteiger partial charge in [-0.2, -0.15) is 5.26 Å². The third kappa shape index (κ3) is 4.71. The van der Waals surface area contributed by atoms with Gasteiger partial charge in [-0.3, -0.25) is 0 Å². The second-order valence-corrected chi connectivity index (χ2v) is 6.47. The van der Waals surface area contributed by atoms with Gasteiger partial charge in [0.1, 0.15) is 18.4 Å². The first-order chi connectivity index (χ1) is 10.6. The van der Waals surface area contributed by atoms with E-state index in [1.54, 1.807) is 0 Å². The molecule has 0 saturated carbocycles. The molecule has 114 valence electrons. The third-order valence-electron chi connectivity index (χ3n) is 3.23. The van der Waals surface area contributed by atoms with Crippen LogP contribution in [0.5, 0.6) is 5.75 Å². The summed E-state index contributed by atoms with van der Waals surface area (Å²) in [5.74, 6) is 0.814. The number of allylic oxidation sites excluding steroid dienone is 3. The van der Waals surface area contributed by atoms with Gasteiger partial charge in [-0.15, -0.1) is 11.3 Å². The summed E-state index contributed by atoms with van der Waals surface area (Å²) in [6, 6.07) is 7.81. The number of aromatic nitrogens is 1. The standard InChI is InChI=1S/C18H20N2OS/c1-13(2)5-4-6-14(3)9-10-21-15-7-8-16-17(11-15)22-18(12-19)20-16/h5,7-9,11H,4,6,10H2,1-3H3. The maximum atomic E-state index is 8.87. The number of thiazole rings is 1. The summed E-state index contributed by atoms with van der Waals surface area (Å²) in [4.78, 5) is 4.21. The molecule has 0 saturated heterocycles. The molecule has 2 rings (SSSR count). The normalized spacial score (nSPS) is 11.3. The number of benzene rings is 1. The quantitative estimate of drug-likeness (QED) is 0.685. The molecular weight excluding hydrogens is 292 g/mol. The molecule has 0 spiro atoms. The zero-order chi connectivity index (χ0) is 15.9. The lowest BCUT2D eigenvalue weighted by atomic mass is 10.1. The van der Waals surface area contributed by atoms with Gasteiger partial charge in [0.15, 0.2) is 5.01 Å². The zero-order valence-electron chi connectivity index (χ0n) is 13.2. The van der Waals surface area contributed by atoms with Crippen molar-refractivity contribution in [2.45, 2.75) is 33.6 Å². The Hall–Kier alpha value is -2.12. The van der Waals surface area contributed by atoms with E-state index in [4.69, 9.17) is 10.00 Å². The van der Waals surface area contributed by atoms with Crippen molar-refractivity contribution in [3.8, 4) is 11.8 Å². The molecule has 1 aromatic heterocycles. The maximum absolute atomic E-state index is 8.87. The topological polar surface area (TPSA) is 45.9 Å². The Balaban J connectivity index is 1.91. The van der Waals surface area contributed by atoms with Crippen molar-refractivity contribution >= 4 is 21.6 Å². The number of ether oxygens (including phenoxy) is 1. The van der Waals surface area contributed by atoms with Gasteiger partial charge in [0, 0.05) is 0 Å². The number of hydrogen-bond donors (Lipinski definition) is 0. The van der Waals surface area contributed by atoms with E-state index in [-0.39, 0.29) is 0 Å². The average Bonchev–Trinajstić information content (AvgIpc) is 2.89. The molecule has 0 N–H and O–H groups in total. The molecule has 22 heavy (non-hydrogen) atoms. The molecule has 0 fully saturated rings. The van der Waals surface area contributed by atoms with Crippen molar-refractivity contribution in [3.63, 3.8) is 0 Å². The minimum absolute atomic E-state index is 0.488. The van der Waals surface area contributed by atoms with Crippen LogP contribution < -0.4 is 4.74 Å². The van der Waals surface area contributed by atoms with Crippen LogP contribution in [0.4, 0.5) is 0 Å². The van der Waals surface area contributed by atoms with Crippen molar-refractivity contribution in [1.82, 2.24) is 4.98 Å². The van der Waals surface area contributed by atoms with Crippen LogP contribution in [0, 0.1) is 11.3 Å². The monoisotopic (exact) mass is 312 g/mol. The van der Waals surface area contributed by atoms with E-state index in [9.17, 15) is 0 Å². The van der Waals surface area contributed by atoms with E-state index < -0.39 is 0 Å². The van der Waals surface area contributed by atoms with Crippen molar-refractivity contribution in [2.24, 2.45) is 0 Å². The number of hydrogen-bond acceptors (Lipinski definition) is 4. The average molecular weight is 312 g/mol. The molecule has 0 unspecified atom stereocenters. The summed E-state index contributed by atoms with van der Waals surface area (Å²) in [5.41, 5.74) is 3.55. The minimum atomic E-state index is 0.488.